The molecule has 1 aromatic heterocycles. The summed E-state index contributed by atoms with van der Waals surface area (Å²) in [5.74, 6) is 1.83. The monoisotopic (exact) mass is 340 g/mol. The van der Waals surface area contributed by atoms with E-state index in [0.717, 1.165) is 49.0 Å². The Bertz CT molecular complexity index is 656. The van der Waals surface area contributed by atoms with Gasteiger partial charge in [0.1, 0.15) is 12.7 Å². The molecule has 0 unspecified atom stereocenters. The van der Waals surface area contributed by atoms with Crippen molar-refractivity contribution in [3.8, 4) is 5.69 Å². The van der Waals surface area contributed by atoms with E-state index in [1.165, 1.54) is 12.8 Å². The molecule has 25 heavy (non-hydrogen) atoms. The highest BCUT2D eigenvalue weighted by Crippen LogP contribution is 2.24. The van der Waals surface area contributed by atoms with Crippen LogP contribution in [0.1, 0.15) is 45.1 Å². The zero-order valence-corrected chi connectivity index (χ0v) is 15.3. The molecule has 1 aromatic carbocycles. The van der Waals surface area contributed by atoms with Gasteiger partial charge in [0, 0.05) is 18.8 Å². The summed E-state index contributed by atoms with van der Waals surface area (Å²) in [5, 5.41) is 7.62. The Morgan fingerprint density at radius 1 is 1.12 bits per heavy atom. The normalized spacial score (nSPS) is 15.7. The summed E-state index contributed by atoms with van der Waals surface area (Å²) < 4.78 is 1.85. The lowest BCUT2D eigenvalue weighted by atomic mass is 9.89. The molecule has 0 bridgehead atoms. The van der Waals surface area contributed by atoms with Gasteiger partial charge in [0.15, 0.2) is 0 Å². The summed E-state index contributed by atoms with van der Waals surface area (Å²) >= 11 is 0. The highest BCUT2D eigenvalue weighted by molar-refractivity contribution is 5.78. The van der Waals surface area contributed by atoms with Crippen LogP contribution in [0.5, 0.6) is 0 Å². The number of piperidine rings is 1. The molecular weight excluding hydrogens is 312 g/mol. The first-order valence-electron chi connectivity index (χ1n) is 9.33. The minimum atomic E-state index is 0.249. The highest BCUT2D eigenvalue weighted by atomic mass is 16.2. The van der Waals surface area contributed by atoms with Crippen molar-refractivity contribution in [1.82, 2.24) is 19.7 Å². The van der Waals surface area contributed by atoms with E-state index in [4.69, 9.17) is 0 Å². The summed E-state index contributed by atoms with van der Waals surface area (Å²) in [4.78, 5) is 14.6. The number of hydrogen-bond acceptors (Lipinski definition) is 3. The third-order valence-corrected chi connectivity index (χ3v) is 5.13. The molecule has 5 nitrogen and oxygen atoms in total. The van der Waals surface area contributed by atoms with Crippen molar-refractivity contribution in [1.29, 1.82) is 0 Å². The molecule has 5 heteroatoms. The quantitative estimate of drug-likeness (QED) is 0.809. The van der Waals surface area contributed by atoms with Gasteiger partial charge in [-0.2, -0.15) is 0 Å². The minimum Gasteiger partial charge on any atom is -0.342 e. The Balaban J connectivity index is 1.48. The predicted octanol–water partition coefficient (Wildman–Crippen LogP) is 3.48. The van der Waals surface area contributed by atoms with Gasteiger partial charge in [-0.3, -0.25) is 9.36 Å². The largest absolute Gasteiger partial charge is 0.342 e. The van der Waals surface area contributed by atoms with Crippen molar-refractivity contribution in [2.24, 2.45) is 11.8 Å². The maximum atomic E-state index is 12.6. The standard InChI is InChI=1S/C20H28N4O/c1-16(2)3-4-17-9-11-23(12-10-17)20(25)13-18-5-7-19(8-6-18)24-14-21-22-15-24/h5-8,14-17H,3-4,9-13H2,1-2H3. The molecule has 0 aliphatic carbocycles. The van der Waals surface area contributed by atoms with Crippen LogP contribution < -0.4 is 0 Å². The van der Waals surface area contributed by atoms with E-state index in [-0.39, 0.29) is 5.91 Å². The maximum absolute atomic E-state index is 12.6. The molecule has 1 saturated heterocycles. The second-order valence-corrected chi connectivity index (χ2v) is 7.51. The number of benzene rings is 1. The average Bonchev–Trinajstić information content (AvgIpc) is 3.15. The van der Waals surface area contributed by atoms with E-state index in [0.29, 0.717) is 6.42 Å². The first-order chi connectivity index (χ1) is 12.1. The van der Waals surface area contributed by atoms with Crippen LogP contribution in [0.4, 0.5) is 0 Å². The second-order valence-electron chi connectivity index (χ2n) is 7.51. The molecular formula is C20H28N4O. The van der Waals surface area contributed by atoms with Crippen LogP contribution in [0.2, 0.25) is 0 Å². The fourth-order valence-corrected chi connectivity index (χ4v) is 3.45. The van der Waals surface area contributed by atoms with Gasteiger partial charge in [-0.15, -0.1) is 10.2 Å². The second kappa shape index (κ2) is 8.28. The Labute approximate surface area is 150 Å². The van der Waals surface area contributed by atoms with Crippen molar-refractivity contribution >= 4 is 5.91 Å². The maximum Gasteiger partial charge on any atom is 0.226 e. The molecule has 3 rings (SSSR count). The summed E-state index contributed by atoms with van der Waals surface area (Å²) in [5.41, 5.74) is 2.07. The topological polar surface area (TPSA) is 51.0 Å². The number of nitrogens with zero attached hydrogens (tertiary/aromatic N) is 4. The zero-order valence-electron chi connectivity index (χ0n) is 15.3. The highest BCUT2D eigenvalue weighted by Gasteiger charge is 2.22. The molecule has 0 radical (unpaired) electrons. The van der Waals surface area contributed by atoms with Gasteiger partial charge in [-0.1, -0.05) is 38.8 Å². The lowest BCUT2D eigenvalue weighted by molar-refractivity contribution is -0.131. The van der Waals surface area contributed by atoms with Crippen LogP contribution in [0.25, 0.3) is 5.69 Å². The number of aromatic nitrogens is 3. The molecule has 1 aliphatic heterocycles. The lowest BCUT2D eigenvalue weighted by Crippen LogP contribution is -2.39. The van der Waals surface area contributed by atoms with Crippen molar-refractivity contribution in [2.45, 2.75) is 46.0 Å². The van der Waals surface area contributed by atoms with E-state index in [1.807, 2.05) is 33.7 Å². The Kier molecular flexibility index (Phi) is 5.84. The van der Waals surface area contributed by atoms with Gasteiger partial charge in [0.25, 0.3) is 0 Å². The zero-order chi connectivity index (χ0) is 17.6. The van der Waals surface area contributed by atoms with Gasteiger partial charge in [0.2, 0.25) is 5.91 Å². The first-order valence-corrected chi connectivity index (χ1v) is 9.33. The van der Waals surface area contributed by atoms with Crippen LogP contribution in [0.3, 0.4) is 0 Å². The van der Waals surface area contributed by atoms with Crippen LogP contribution >= 0.6 is 0 Å². The summed E-state index contributed by atoms with van der Waals surface area (Å²) in [6.45, 7) is 6.40. The fourth-order valence-electron chi connectivity index (χ4n) is 3.45. The number of hydrogen-bond donors (Lipinski definition) is 0. The van der Waals surface area contributed by atoms with Crippen LogP contribution in [-0.4, -0.2) is 38.7 Å². The molecule has 0 spiro atoms. The van der Waals surface area contributed by atoms with E-state index >= 15 is 0 Å². The average molecular weight is 340 g/mol. The summed E-state index contributed by atoms with van der Waals surface area (Å²) in [7, 11) is 0. The third-order valence-electron chi connectivity index (χ3n) is 5.13. The van der Waals surface area contributed by atoms with E-state index in [9.17, 15) is 4.79 Å². The Morgan fingerprint density at radius 2 is 1.76 bits per heavy atom. The number of carbonyl (C=O) groups is 1. The van der Waals surface area contributed by atoms with Gasteiger partial charge in [-0.25, -0.2) is 0 Å². The van der Waals surface area contributed by atoms with Crippen LogP contribution in [0.15, 0.2) is 36.9 Å². The molecule has 0 N–H and O–H groups in total. The molecule has 0 atom stereocenters. The third kappa shape index (κ3) is 4.91. The molecule has 1 aliphatic rings. The van der Waals surface area contributed by atoms with E-state index < -0.39 is 0 Å². The molecule has 1 amide bonds. The first kappa shape index (κ1) is 17.6. The van der Waals surface area contributed by atoms with Gasteiger partial charge in [-0.05, 0) is 42.4 Å². The van der Waals surface area contributed by atoms with Crippen molar-refractivity contribution in [3.05, 3.63) is 42.5 Å². The number of carbonyl (C=O) groups excluding carboxylic acids is 1. The summed E-state index contributed by atoms with van der Waals surface area (Å²) in [6.07, 6.45) is 8.75. The van der Waals surface area contributed by atoms with E-state index in [2.05, 4.69) is 24.0 Å². The molecule has 0 saturated carbocycles. The molecule has 2 heterocycles. The minimum absolute atomic E-state index is 0.249. The number of rotatable bonds is 6. The Hall–Kier alpha value is -2.17. The summed E-state index contributed by atoms with van der Waals surface area (Å²) in [6, 6.07) is 8.04. The van der Waals surface area contributed by atoms with Crippen LogP contribution in [-0.2, 0) is 11.2 Å². The van der Waals surface area contributed by atoms with Crippen LogP contribution in [0, 0.1) is 11.8 Å². The smallest absolute Gasteiger partial charge is 0.226 e. The van der Waals surface area contributed by atoms with Crippen molar-refractivity contribution in [3.63, 3.8) is 0 Å². The number of likely N-dealkylation sites (tertiary alicyclic amines) is 1. The van der Waals surface area contributed by atoms with E-state index in [1.54, 1.807) is 12.7 Å². The SMILES string of the molecule is CC(C)CCC1CCN(C(=O)Cc2ccc(-n3cnnc3)cc2)CC1. The van der Waals surface area contributed by atoms with Gasteiger partial charge < -0.3 is 4.90 Å². The Morgan fingerprint density at radius 3 is 2.36 bits per heavy atom. The lowest BCUT2D eigenvalue weighted by Gasteiger charge is -2.32. The van der Waals surface area contributed by atoms with Crippen molar-refractivity contribution < 1.29 is 4.79 Å². The predicted molar refractivity (Wildman–Crippen MR) is 98.4 cm³/mol. The fraction of sp³-hybridized carbons (Fsp3) is 0.550. The van der Waals surface area contributed by atoms with Gasteiger partial charge in [0.05, 0.1) is 6.42 Å². The molecule has 1 fully saturated rings. The molecule has 134 valence electrons. The van der Waals surface area contributed by atoms with Gasteiger partial charge >= 0.3 is 0 Å². The number of amides is 1. The molecule has 2 aromatic rings. The van der Waals surface area contributed by atoms with Crippen molar-refractivity contribution in [2.75, 3.05) is 13.1 Å².